The number of pyridine rings is 1. The van der Waals surface area contributed by atoms with Crippen molar-refractivity contribution in [3.05, 3.63) is 158 Å². The fourth-order valence-electron chi connectivity index (χ4n) is 6.68. The van der Waals surface area contributed by atoms with Gasteiger partial charge in [-0.15, -0.1) is 0 Å². The van der Waals surface area contributed by atoms with Crippen LogP contribution in [0.2, 0.25) is 0 Å². The lowest BCUT2D eigenvalue weighted by atomic mass is 9.95. The van der Waals surface area contributed by atoms with E-state index >= 15 is 0 Å². The zero-order valence-electron chi connectivity index (χ0n) is 23.8. The molecule has 0 N–H and O–H groups in total. The molecule has 0 fully saturated rings. The van der Waals surface area contributed by atoms with E-state index < -0.39 is 0 Å². The highest BCUT2D eigenvalue weighted by molar-refractivity contribution is 6.16. The Balaban J connectivity index is 1.37. The lowest BCUT2D eigenvalue weighted by Crippen LogP contribution is -1.94. The highest BCUT2D eigenvalue weighted by Crippen LogP contribution is 2.42. The molecule has 0 spiro atoms. The second kappa shape index (κ2) is 9.82. The Hall–Kier alpha value is -5.93. The molecule has 0 saturated heterocycles. The Morgan fingerprint density at radius 2 is 1.07 bits per heavy atom. The predicted octanol–water partition coefficient (Wildman–Crippen LogP) is 11.1. The summed E-state index contributed by atoms with van der Waals surface area (Å²) in [6, 6.07) is 55.3. The first-order valence-electron chi connectivity index (χ1n) is 14.9. The van der Waals surface area contributed by atoms with Crippen molar-refractivity contribution in [2.45, 2.75) is 0 Å². The summed E-state index contributed by atoms with van der Waals surface area (Å²) >= 11 is 0. The Labute approximate surface area is 254 Å². The molecule has 3 heteroatoms. The standard InChI is InChI=1S/C41H26N2O/c1-3-13-27(14-4-1)34-25-28(30-19-12-24-39-41(30)33-18-8-10-23-38(33)44-39)26-35(42-34)31-20-11-22-37-40(31)32-17-7-9-21-36(32)43(37)29-15-5-2-6-16-29/h1-26H. The van der Waals surface area contributed by atoms with Crippen LogP contribution in [0.1, 0.15) is 0 Å². The third-order valence-corrected chi connectivity index (χ3v) is 8.60. The third-order valence-electron chi connectivity index (χ3n) is 8.60. The maximum absolute atomic E-state index is 6.28. The van der Waals surface area contributed by atoms with Gasteiger partial charge in [0.25, 0.3) is 0 Å². The number of rotatable bonds is 4. The second-order valence-corrected chi connectivity index (χ2v) is 11.2. The van der Waals surface area contributed by atoms with E-state index in [0.717, 1.165) is 66.8 Å². The SMILES string of the molecule is c1ccc(-c2cc(-c3cccc4oc5ccccc5c34)cc(-c3cccc4c3c3ccccc3n4-c3ccccc3)n2)cc1. The van der Waals surface area contributed by atoms with Gasteiger partial charge in [-0.2, -0.15) is 0 Å². The van der Waals surface area contributed by atoms with Crippen molar-refractivity contribution in [2.24, 2.45) is 0 Å². The summed E-state index contributed by atoms with van der Waals surface area (Å²) in [5.41, 5.74) is 11.6. The molecule has 0 saturated carbocycles. The number of aromatic nitrogens is 2. The van der Waals surface area contributed by atoms with E-state index in [1.165, 1.54) is 16.3 Å². The molecule has 6 aromatic carbocycles. The van der Waals surface area contributed by atoms with Crippen molar-refractivity contribution in [3.8, 4) is 39.3 Å². The molecule has 3 nitrogen and oxygen atoms in total. The normalized spacial score (nSPS) is 11.6. The van der Waals surface area contributed by atoms with Crippen LogP contribution < -0.4 is 0 Å². The number of hydrogen-bond acceptors (Lipinski definition) is 2. The molecule has 0 atom stereocenters. The van der Waals surface area contributed by atoms with Crippen molar-refractivity contribution >= 4 is 43.7 Å². The first-order valence-corrected chi connectivity index (χ1v) is 14.9. The number of fused-ring (bicyclic) bond motifs is 6. The number of nitrogens with zero attached hydrogens (tertiary/aromatic N) is 2. The van der Waals surface area contributed by atoms with Crippen LogP contribution in [0.25, 0.3) is 83.1 Å². The van der Waals surface area contributed by atoms with E-state index in [9.17, 15) is 0 Å². The smallest absolute Gasteiger partial charge is 0.136 e. The molecule has 206 valence electrons. The summed E-state index contributed by atoms with van der Waals surface area (Å²) in [7, 11) is 0. The monoisotopic (exact) mass is 562 g/mol. The molecule has 0 radical (unpaired) electrons. The first-order chi connectivity index (χ1) is 21.8. The van der Waals surface area contributed by atoms with E-state index in [4.69, 9.17) is 9.40 Å². The van der Waals surface area contributed by atoms with Crippen LogP contribution in [0.5, 0.6) is 0 Å². The third kappa shape index (κ3) is 3.80. The summed E-state index contributed by atoms with van der Waals surface area (Å²) in [5, 5.41) is 4.64. The maximum atomic E-state index is 6.28. The Bertz CT molecular complexity index is 2490. The average molecular weight is 563 g/mol. The van der Waals surface area contributed by atoms with Gasteiger partial charge in [-0.1, -0.05) is 109 Å². The number of hydrogen-bond donors (Lipinski definition) is 0. The van der Waals surface area contributed by atoms with Gasteiger partial charge >= 0.3 is 0 Å². The topological polar surface area (TPSA) is 31.0 Å². The summed E-state index contributed by atoms with van der Waals surface area (Å²) in [5.74, 6) is 0. The fraction of sp³-hybridized carbons (Fsp3) is 0. The van der Waals surface area contributed by atoms with Crippen LogP contribution >= 0.6 is 0 Å². The molecular formula is C41H26N2O. The molecule has 0 amide bonds. The Morgan fingerprint density at radius 1 is 0.432 bits per heavy atom. The largest absolute Gasteiger partial charge is 0.456 e. The van der Waals surface area contributed by atoms with E-state index in [-0.39, 0.29) is 0 Å². The van der Waals surface area contributed by atoms with Gasteiger partial charge in [0.1, 0.15) is 11.2 Å². The van der Waals surface area contributed by atoms with Gasteiger partial charge in [0.05, 0.1) is 22.4 Å². The van der Waals surface area contributed by atoms with E-state index in [1.54, 1.807) is 0 Å². The minimum Gasteiger partial charge on any atom is -0.456 e. The summed E-state index contributed by atoms with van der Waals surface area (Å²) < 4.78 is 8.63. The summed E-state index contributed by atoms with van der Waals surface area (Å²) in [6.45, 7) is 0. The van der Waals surface area contributed by atoms with Gasteiger partial charge in [0.15, 0.2) is 0 Å². The first kappa shape index (κ1) is 24.6. The van der Waals surface area contributed by atoms with E-state index in [0.29, 0.717) is 0 Å². The zero-order valence-corrected chi connectivity index (χ0v) is 23.8. The molecule has 0 aliphatic rings. The molecule has 3 heterocycles. The Kier molecular flexibility index (Phi) is 5.50. The second-order valence-electron chi connectivity index (χ2n) is 11.2. The van der Waals surface area contributed by atoms with Crippen LogP contribution in [0, 0.1) is 0 Å². The minimum absolute atomic E-state index is 0.886. The summed E-state index contributed by atoms with van der Waals surface area (Å²) in [4.78, 5) is 5.34. The Morgan fingerprint density at radius 3 is 1.93 bits per heavy atom. The molecule has 3 aromatic heterocycles. The van der Waals surface area contributed by atoms with Gasteiger partial charge in [0.2, 0.25) is 0 Å². The van der Waals surface area contributed by atoms with Gasteiger partial charge in [-0.3, -0.25) is 0 Å². The minimum atomic E-state index is 0.886. The quantitative estimate of drug-likeness (QED) is 0.214. The number of benzene rings is 6. The van der Waals surface area contributed by atoms with E-state index in [2.05, 4.69) is 144 Å². The molecule has 44 heavy (non-hydrogen) atoms. The van der Waals surface area contributed by atoms with Crippen LogP contribution in [0.4, 0.5) is 0 Å². The van der Waals surface area contributed by atoms with Crippen LogP contribution in [-0.4, -0.2) is 9.55 Å². The van der Waals surface area contributed by atoms with E-state index in [1.807, 2.05) is 18.2 Å². The lowest BCUT2D eigenvalue weighted by Gasteiger charge is -2.13. The molecular weight excluding hydrogens is 536 g/mol. The highest BCUT2D eigenvalue weighted by atomic mass is 16.3. The molecule has 0 unspecified atom stereocenters. The lowest BCUT2D eigenvalue weighted by molar-refractivity contribution is 0.669. The van der Waals surface area contributed by atoms with Crippen LogP contribution in [0.15, 0.2) is 162 Å². The predicted molar refractivity (Wildman–Crippen MR) is 182 cm³/mol. The fourth-order valence-corrected chi connectivity index (χ4v) is 6.68. The van der Waals surface area contributed by atoms with Gasteiger partial charge in [-0.05, 0) is 59.7 Å². The molecule has 9 aromatic rings. The molecule has 0 bridgehead atoms. The van der Waals surface area contributed by atoms with Crippen molar-refractivity contribution in [3.63, 3.8) is 0 Å². The maximum Gasteiger partial charge on any atom is 0.136 e. The van der Waals surface area contributed by atoms with Crippen molar-refractivity contribution in [1.82, 2.24) is 9.55 Å². The molecule has 0 aliphatic carbocycles. The van der Waals surface area contributed by atoms with Crippen LogP contribution in [0.3, 0.4) is 0 Å². The zero-order chi connectivity index (χ0) is 29.0. The number of para-hydroxylation sites is 3. The molecule has 0 aliphatic heterocycles. The summed E-state index contributed by atoms with van der Waals surface area (Å²) in [6.07, 6.45) is 0. The number of furan rings is 1. The van der Waals surface area contributed by atoms with Gasteiger partial charge in [0, 0.05) is 38.4 Å². The van der Waals surface area contributed by atoms with Gasteiger partial charge < -0.3 is 8.98 Å². The highest BCUT2D eigenvalue weighted by Gasteiger charge is 2.19. The van der Waals surface area contributed by atoms with Gasteiger partial charge in [-0.25, -0.2) is 4.98 Å². The molecule has 9 rings (SSSR count). The van der Waals surface area contributed by atoms with Crippen molar-refractivity contribution in [1.29, 1.82) is 0 Å². The van der Waals surface area contributed by atoms with Crippen molar-refractivity contribution < 1.29 is 4.42 Å². The van der Waals surface area contributed by atoms with Crippen LogP contribution in [-0.2, 0) is 0 Å². The van der Waals surface area contributed by atoms with Crippen molar-refractivity contribution in [2.75, 3.05) is 0 Å². The average Bonchev–Trinajstić information content (AvgIpc) is 3.65.